The first-order valence-electron chi connectivity index (χ1n) is 9.48. The number of carboxylic acid groups (broad SMARTS) is 2. The molecule has 0 saturated carbocycles. The van der Waals surface area contributed by atoms with Gasteiger partial charge in [0.1, 0.15) is 17.9 Å². The lowest BCUT2D eigenvalue weighted by Crippen LogP contribution is -2.59. The van der Waals surface area contributed by atoms with Gasteiger partial charge in [-0.1, -0.05) is 32.9 Å². The van der Waals surface area contributed by atoms with Crippen LogP contribution in [-0.2, 0) is 24.6 Å². The van der Waals surface area contributed by atoms with Gasteiger partial charge in [-0.2, -0.15) is 0 Å². The van der Waals surface area contributed by atoms with E-state index in [4.69, 9.17) is 5.11 Å². The number of amides is 2. The van der Waals surface area contributed by atoms with Crippen LogP contribution in [0.15, 0.2) is 24.3 Å². The third-order valence-corrected chi connectivity index (χ3v) is 4.80. The van der Waals surface area contributed by atoms with Crippen LogP contribution in [0.1, 0.15) is 53.0 Å². The summed E-state index contributed by atoms with van der Waals surface area (Å²) >= 11 is 0. The van der Waals surface area contributed by atoms with Crippen molar-refractivity contribution in [2.75, 3.05) is 0 Å². The molecule has 2 atom stereocenters. The van der Waals surface area contributed by atoms with E-state index in [-0.39, 0.29) is 6.42 Å². The van der Waals surface area contributed by atoms with Crippen LogP contribution in [0.3, 0.4) is 0 Å². The Kier molecular flexibility index (Phi) is 8.09. The second-order valence-electron chi connectivity index (χ2n) is 8.74. The zero-order chi connectivity index (χ0) is 23.3. The van der Waals surface area contributed by atoms with Crippen LogP contribution in [0.5, 0.6) is 0 Å². The summed E-state index contributed by atoms with van der Waals surface area (Å²) in [6.07, 6.45) is -0.719. The number of carbonyl (C=O) groups is 4. The Morgan fingerprint density at radius 2 is 1.50 bits per heavy atom. The number of nitrogens with one attached hydrogen (secondary N) is 2. The van der Waals surface area contributed by atoms with Crippen molar-refractivity contribution in [2.45, 2.75) is 65.0 Å². The average molecular weight is 424 g/mol. The van der Waals surface area contributed by atoms with Gasteiger partial charge < -0.3 is 20.8 Å². The molecule has 0 aromatic heterocycles. The van der Waals surface area contributed by atoms with Gasteiger partial charge >= 0.3 is 11.9 Å². The largest absolute Gasteiger partial charge is 0.481 e. The highest BCUT2D eigenvalue weighted by molar-refractivity contribution is 5.94. The van der Waals surface area contributed by atoms with Gasteiger partial charge in [-0.3, -0.25) is 14.4 Å². The van der Waals surface area contributed by atoms with E-state index in [1.165, 1.54) is 24.3 Å². The van der Waals surface area contributed by atoms with Gasteiger partial charge in [-0.25, -0.2) is 9.18 Å². The maximum Gasteiger partial charge on any atom is 0.326 e. The highest BCUT2D eigenvalue weighted by Gasteiger charge is 2.39. The van der Waals surface area contributed by atoms with Crippen LogP contribution in [0, 0.1) is 11.2 Å². The molecule has 0 aliphatic heterocycles. The third-order valence-electron chi connectivity index (χ3n) is 4.80. The highest BCUT2D eigenvalue weighted by Crippen LogP contribution is 2.26. The number of hydrogen-bond donors (Lipinski definition) is 4. The fourth-order valence-corrected chi connectivity index (χ4v) is 2.76. The number of hydrogen-bond acceptors (Lipinski definition) is 4. The molecule has 1 aromatic rings. The van der Waals surface area contributed by atoms with Gasteiger partial charge in [0, 0.05) is 6.42 Å². The summed E-state index contributed by atoms with van der Waals surface area (Å²) in [4.78, 5) is 47.9. The van der Waals surface area contributed by atoms with Crippen LogP contribution < -0.4 is 10.6 Å². The van der Waals surface area contributed by atoms with Crippen LogP contribution in [0.4, 0.5) is 4.39 Å². The smallest absolute Gasteiger partial charge is 0.326 e. The Balaban J connectivity index is 3.04. The first kappa shape index (κ1) is 25.1. The molecular weight excluding hydrogens is 395 g/mol. The monoisotopic (exact) mass is 424 g/mol. The summed E-state index contributed by atoms with van der Waals surface area (Å²) in [5.74, 6) is -4.22. The zero-order valence-corrected chi connectivity index (χ0v) is 17.8. The van der Waals surface area contributed by atoms with Crippen molar-refractivity contribution < 1.29 is 33.8 Å². The topological polar surface area (TPSA) is 133 Å². The van der Waals surface area contributed by atoms with E-state index in [9.17, 15) is 28.7 Å². The van der Waals surface area contributed by atoms with Crippen LogP contribution in [0.2, 0.25) is 0 Å². The highest BCUT2D eigenvalue weighted by atomic mass is 19.1. The number of halogens is 1. The van der Waals surface area contributed by atoms with Crippen molar-refractivity contribution >= 4 is 23.8 Å². The quantitative estimate of drug-likeness (QED) is 0.480. The number of aliphatic carboxylic acids is 2. The lowest BCUT2D eigenvalue weighted by molar-refractivity contribution is -0.144. The van der Waals surface area contributed by atoms with E-state index < -0.39 is 58.9 Å². The Morgan fingerprint density at radius 1 is 0.967 bits per heavy atom. The molecule has 30 heavy (non-hydrogen) atoms. The summed E-state index contributed by atoms with van der Waals surface area (Å²) in [6.45, 7) is 8.36. The predicted octanol–water partition coefficient (Wildman–Crippen LogP) is 2.07. The van der Waals surface area contributed by atoms with Crippen molar-refractivity contribution in [1.82, 2.24) is 10.6 Å². The molecule has 0 spiro atoms. The molecule has 1 rings (SSSR count). The van der Waals surface area contributed by atoms with E-state index in [0.29, 0.717) is 5.56 Å². The van der Waals surface area contributed by atoms with Crippen molar-refractivity contribution in [3.63, 3.8) is 0 Å². The average Bonchev–Trinajstić information content (AvgIpc) is 2.61. The second-order valence-corrected chi connectivity index (χ2v) is 8.74. The molecule has 0 heterocycles. The molecule has 0 radical (unpaired) electrons. The van der Waals surface area contributed by atoms with Crippen molar-refractivity contribution in [3.8, 4) is 0 Å². The lowest BCUT2D eigenvalue weighted by atomic mass is 9.81. The summed E-state index contributed by atoms with van der Waals surface area (Å²) < 4.78 is 13.2. The van der Waals surface area contributed by atoms with E-state index in [2.05, 4.69) is 10.6 Å². The van der Waals surface area contributed by atoms with E-state index >= 15 is 0 Å². The molecule has 4 N–H and O–H groups in total. The number of carboxylic acids is 2. The number of carbonyl (C=O) groups excluding carboxylic acids is 2. The molecule has 2 amide bonds. The minimum atomic E-state index is -1.40. The Morgan fingerprint density at radius 3 is 1.93 bits per heavy atom. The van der Waals surface area contributed by atoms with Gasteiger partial charge in [0.15, 0.2) is 0 Å². The van der Waals surface area contributed by atoms with Gasteiger partial charge in [0.2, 0.25) is 11.8 Å². The van der Waals surface area contributed by atoms with E-state index in [1.807, 2.05) is 0 Å². The summed E-state index contributed by atoms with van der Waals surface area (Å²) in [7, 11) is 0. The fourth-order valence-electron chi connectivity index (χ4n) is 2.76. The van der Waals surface area contributed by atoms with E-state index in [0.717, 1.165) is 0 Å². The molecule has 0 bridgehead atoms. The first-order valence-corrected chi connectivity index (χ1v) is 9.48. The Bertz CT molecular complexity index is 799. The van der Waals surface area contributed by atoms with E-state index in [1.54, 1.807) is 34.6 Å². The van der Waals surface area contributed by atoms with Gasteiger partial charge in [-0.05, 0) is 43.4 Å². The fraction of sp³-hybridized carbons (Fsp3) is 0.524. The molecule has 0 aliphatic carbocycles. The maximum absolute atomic E-state index is 13.2. The molecule has 1 aromatic carbocycles. The maximum atomic E-state index is 13.2. The van der Waals surface area contributed by atoms with Crippen molar-refractivity contribution in [3.05, 3.63) is 35.6 Å². The molecule has 0 aliphatic rings. The van der Waals surface area contributed by atoms with Crippen molar-refractivity contribution in [2.24, 2.45) is 5.41 Å². The molecule has 8 nitrogen and oxygen atoms in total. The zero-order valence-electron chi connectivity index (χ0n) is 17.8. The minimum absolute atomic E-state index is 0.289. The lowest BCUT2D eigenvalue weighted by Gasteiger charge is -2.34. The molecule has 0 unspecified atom stereocenters. The molecular formula is C21H29FN2O6. The number of rotatable bonds is 9. The van der Waals surface area contributed by atoms with Gasteiger partial charge in [-0.15, -0.1) is 0 Å². The molecule has 0 saturated heterocycles. The van der Waals surface area contributed by atoms with Crippen molar-refractivity contribution in [1.29, 1.82) is 0 Å². The minimum Gasteiger partial charge on any atom is -0.481 e. The van der Waals surface area contributed by atoms with Gasteiger partial charge in [0.05, 0.1) is 5.41 Å². The third kappa shape index (κ3) is 6.82. The summed E-state index contributed by atoms with van der Waals surface area (Å²) in [5, 5.41) is 23.0. The summed E-state index contributed by atoms with van der Waals surface area (Å²) in [6, 6.07) is 2.94. The molecule has 9 heteroatoms. The van der Waals surface area contributed by atoms with Gasteiger partial charge in [0.25, 0.3) is 0 Å². The van der Waals surface area contributed by atoms with Crippen LogP contribution in [0.25, 0.3) is 0 Å². The first-order chi connectivity index (χ1) is 13.7. The predicted molar refractivity (Wildman–Crippen MR) is 107 cm³/mol. The summed E-state index contributed by atoms with van der Waals surface area (Å²) in [5.41, 5.74) is -1.32. The normalized spacial score (nSPS) is 13.8. The van der Waals surface area contributed by atoms with Crippen LogP contribution >= 0.6 is 0 Å². The van der Waals surface area contributed by atoms with Crippen LogP contribution in [-0.4, -0.2) is 46.0 Å². The molecule has 166 valence electrons. The Labute approximate surface area is 174 Å². The molecule has 0 fully saturated rings. The SMILES string of the molecule is CC(C)(C(=O)N[C@H](C(=O)N[C@H](CCC(=O)O)C(=O)O)C(C)(C)C)c1ccc(F)cc1. The second kappa shape index (κ2) is 9.69. The Hall–Kier alpha value is -2.97. The number of benzene rings is 1. The standard InChI is InChI=1S/C21H29FN2O6/c1-20(2,3)16(17(27)23-14(18(28)29)10-11-15(25)26)24-19(30)21(4,5)12-6-8-13(22)9-7-12/h6-9,14,16H,10-11H2,1-5H3,(H,23,27)(H,24,30)(H,25,26)(H,28,29)/t14-,16-/m1/s1.